The molecule has 0 spiro atoms. The molecule has 1 aromatic rings. The lowest BCUT2D eigenvalue weighted by molar-refractivity contribution is -0.703. The van der Waals surface area contributed by atoms with Crippen molar-refractivity contribution in [3.8, 4) is 0 Å². The third-order valence-electron chi connectivity index (χ3n) is 7.06. The lowest BCUT2D eigenvalue weighted by atomic mass is 10.0. The Hall–Kier alpha value is -0.790. The van der Waals surface area contributed by atoms with Crippen molar-refractivity contribution in [2.75, 3.05) is 0 Å². The van der Waals surface area contributed by atoms with E-state index in [0.29, 0.717) is 0 Å². The number of hydrogen-bond donors (Lipinski definition) is 0. The molecule has 0 fully saturated rings. The summed E-state index contributed by atoms with van der Waals surface area (Å²) in [4.78, 5) is 0. The second kappa shape index (κ2) is 22.0. The quantitative estimate of drug-likeness (QED) is 0.110. The molecule has 32 heavy (non-hydrogen) atoms. The molecule has 0 radical (unpaired) electrons. The van der Waals surface area contributed by atoms with Gasteiger partial charge in [-0.1, -0.05) is 130 Å². The summed E-state index contributed by atoms with van der Waals surface area (Å²) in [6, 6.07) is 0. The predicted octanol–water partition coefficient (Wildman–Crippen LogP) is 9.57. The Bertz CT molecular complexity index is 505. The average Bonchev–Trinajstić information content (AvgIpc) is 3.18. The molecule has 1 heterocycles. The Balaban J connectivity index is 2.13. The number of unbranched alkanes of at least 4 members (excludes halogenated alkanes) is 18. The summed E-state index contributed by atoms with van der Waals surface area (Å²) < 4.78 is 5.10. The molecule has 0 amide bonds. The Morgan fingerprint density at radius 2 is 0.969 bits per heavy atom. The van der Waals surface area contributed by atoms with Gasteiger partial charge in [-0.05, 0) is 25.7 Å². The number of nitrogens with zero attached hydrogens (tertiary/aromatic N) is 2. The largest absolute Gasteiger partial charge is 0.256 e. The molecule has 1 aromatic heterocycles. The molecular formula is C30H59N2+. The minimum atomic E-state index is 1.18. The lowest BCUT2D eigenvalue weighted by Gasteiger charge is -2.06. The maximum atomic E-state index is 2.57. The van der Waals surface area contributed by atoms with Gasteiger partial charge in [0.05, 0.1) is 13.1 Å². The number of hydrogen-bond acceptors (Lipinski definition) is 0. The van der Waals surface area contributed by atoms with Gasteiger partial charge in [0, 0.05) is 6.42 Å². The summed E-state index contributed by atoms with van der Waals surface area (Å²) in [6.07, 6.45) is 35.7. The zero-order valence-electron chi connectivity index (χ0n) is 22.5. The molecule has 0 saturated carbocycles. The van der Waals surface area contributed by atoms with Gasteiger partial charge in [0.25, 0.3) is 5.82 Å². The van der Waals surface area contributed by atoms with Crippen molar-refractivity contribution in [3.63, 3.8) is 0 Å². The second-order valence-corrected chi connectivity index (χ2v) is 10.2. The first-order valence-electron chi connectivity index (χ1n) is 14.9. The van der Waals surface area contributed by atoms with Crippen LogP contribution in [0.15, 0.2) is 12.4 Å². The van der Waals surface area contributed by atoms with E-state index in [1.807, 2.05) is 0 Å². The normalized spacial score (nSPS) is 11.5. The molecule has 0 aliphatic heterocycles. The minimum absolute atomic E-state index is 1.18. The average molecular weight is 448 g/mol. The van der Waals surface area contributed by atoms with Crippen molar-refractivity contribution < 1.29 is 4.57 Å². The first-order valence-corrected chi connectivity index (χ1v) is 14.9. The van der Waals surface area contributed by atoms with Crippen LogP contribution < -0.4 is 4.57 Å². The molecular weight excluding hydrogens is 388 g/mol. The van der Waals surface area contributed by atoms with Crippen LogP contribution >= 0.6 is 0 Å². The lowest BCUT2D eigenvalue weighted by Crippen LogP contribution is -2.37. The molecule has 0 aliphatic carbocycles. The third-order valence-corrected chi connectivity index (χ3v) is 7.06. The van der Waals surface area contributed by atoms with E-state index in [2.05, 4.69) is 42.3 Å². The molecule has 188 valence electrons. The topological polar surface area (TPSA) is 8.81 Å². The number of imidazole rings is 1. The molecule has 0 bridgehead atoms. The van der Waals surface area contributed by atoms with Gasteiger partial charge in [0.2, 0.25) is 0 Å². The first-order chi connectivity index (χ1) is 15.8. The summed E-state index contributed by atoms with van der Waals surface area (Å²) in [5.41, 5.74) is 0. The Morgan fingerprint density at radius 1 is 0.531 bits per heavy atom. The Morgan fingerprint density at radius 3 is 1.44 bits per heavy atom. The summed E-state index contributed by atoms with van der Waals surface area (Å²) in [5.74, 6) is 1.58. The van der Waals surface area contributed by atoms with E-state index in [9.17, 15) is 0 Å². The van der Waals surface area contributed by atoms with Gasteiger partial charge in [-0.3, -0.25) is 0 Å². The molecule has 0 saturated heterocycles. The van der Waals surface area contributed by atoms with Crippen molar-refractivity contribution in [1.29, 1.82) is 0 Å². The zero-order valence-corrected chi connectivity index (χ0v) is 22.5. The zero-order chi connectivity index (χ0) is 23.1. The fraction of sp³-hybridized carbons (Fsp3) is 0.900. The molecule has 2 heteroatoms. The summed E-state index contributed by atoms with van der Waals surface area (Å²) in [7, 11) is 0. The van der Waals surface area contributed by atoms with Crippen LogP contribution in [-0.2, 0) is 19.5 Å². The van der Waals surface area contributed by atoms with E-state index in [-0.39, 0.29) is 0 Å². The standard InChI is InChI=1S/C30H59N2/c1-4-7-9-11-13-14-15-16-17-18-19-21-23-25-30-31(26-6-3)28-29-32(30)27-24-22-20-12-10-8-5-2/h28-29H,4-27H2,1-3H3/q+1. The smallest absolute Gasteiger partial charge is 0.234 e. The summed E-state index contributed by atoms with van der Waals surface area (Å²) in [6.45, 7) is 9.31. The Labute approximate surface area is 202 Å². The highest BCUT2D eigenvalue weighted by Crippen LogP contribution is 2.14. The van der Waals surface area contributed by atoms with Gasteiger partial charge in [0.15, 0.2) is 0 Å². The summed E-state index contributed by atoms with van der Waals surface area (Å²) >= 11 is 0. The van der Waals surface area contributed by atoms with Crippen molar-refractivity contribution in [2.45, 2.75) is 175 Å². The van der Waals surface area contributed by atoms with Crippen LogP contribution in [-0.4, -0.2) is 4.57 Å². The van der Waals surface area contributed by atoms with Gasteiger partial charge in [-0.15, -0.1) is 0 Å². The molecule has 0 atom stereocenters. The minimum Gasteiger partial charge on any atom is -0.234 e. The van der Waals surface area contributed by atoms with Crippen molar-refractivity contribution in [2.24, 2.45) is 0 Å². The van der Waals surface area contributed by atoms with E-state index in [4.69, 9.17) is 0 Å². The Kier molecular flexibility index (Phi) is 20.1. The van der Waals surface area contributed by atoms with Gasteiger partial charge in [0.1, 0.15) is 12.4 Å². The number of rotatable bonds is 24. The van der Waals surface area contributed by atoms with Crippen LogP contribution in [0.25, 0.3) is 0 Å². The van der Waals surface area contributed by atoms with Crippen LogP contribution in [0.2, 0.25) is 0 Å². The monoisotopic (exact) mass is 447 g/mol. The van der Waals surface area contributed by atoms with Crippen LogP contribution in [0.4, 0.5) is 0 Å². The first kappa shape index (κ1) is 29.2. The molecule has 0 aromatic carbocycles. The van der Waals surface area contributed by atoms with E-state index in [1.54, 1.807) is 5.82 Å². The fourth-order valence-corrected chi connectivity index (χ4v) is 4.97. The highest BCUT2D eigenvalue weighted by atomic mass is 15.1. The highest BCUT2D eigenvalue weighted by molar-refractivity contribution is 4.84. The van der Waals surface area contributed by atoms with Gasteiger partial charge in [-0.2, -0.15) is 0 Å². The molecule has 0 N–H and O–H groups in total. The predicted molar refractivity (Wildman–Crippen MR) is 142 cm³/mol. The fourth-order valence-electron chi connectivity index (χ4n) is 4.97. The van der Waals surface area contributed by atoms with Crippen LogP contribution in [0.3, 0.4) is 0 Å². The highest BCUT2D eigenvalue weighted by Gasteiger charge is 2.15. The van der Waals surface area contributed by atoms with Crippen LogP contribution in [0.5, 0.6) is 0 Å². The number of aromatic nitrogens is 2. The second-order valence-electron chi connectivity index (χ2n) is 10.2. The summed E-state index contributed by atoms with van der Waals surface area (Å²) in [5, 5.41) is 0. The molecule has 0 aliphatic rings. The van der Waals surface area contributed by atoms with Crippen LogP contribution in [0, 0.1) is 0 Å². The SMILES string of the molecule is CCCCCCCCCCCCCCCc1n(CCCCCCCCC)cc[n+]1CCC. The van der Waals surface area contributed by atoms with Crippen LogP contribution in [0.1, 0.15) is 161 Å². The van der Waals surface area contributed by atoms with E-state index in [0.717, 1.165) is 0 Å². The van der Waals surface area contributed by atoms with Crippen molar-refractivity contribution in [1.82, 2.24) is 4.57 Å². The van der Waals surface area contributed by atoms with E-state index in [1.165, 1.54) is 154 Å². The van der Waals surface area contributed by atoms with Crippen molar-refractivity contribution >= 4 is 0 Å². The number of aryl methyl sites for hydroxylation is 2. The van der Waals surface area contributed by atoms with Crippen molar-refractivity contribution in [3.05, 3.63) is 18.2 Å². The maximum absolute atomic E-state index is 2.57. The molecule has 2 nitrogen and oxygen atoms in total. The maximum Gasteiger partial charge on any atom is 0.256 e. The molecule has 0 unspecified atom stereocenters. The molecule has 1 rings (SSSR count). The van der Waals surface area contributed by atoms with E-state index < -0.39 is 0 Å². The van der Waals surface area contributed by atoms with Gasteiger partial charge < -0.3 is 0 Å². The van der Waals surface area contributed by atoms with Gasteiger partial charge in [-0.25, -0.2) is 9.13 Å². The third kappa shape index (κ3) is 15.1. The van der Waals surface area contributed by atoms with Gasteiger partial charge >= 0.3 is 0 Å². The van der Waals surface area contributed by atoms with E-state index >= 15 is 0 Å².